The van der Waals surface area contributed by atoms with Crippen LogP contribution in [0.3, 0.4) is 0 Å². The number of nitrogen functional groups attached to an aromatic ring is 1. The first-order chi connectivity index (χ1) is 15.3. The molecule has 0 aliphatic carbocycles. The summed E-state index contributed by atoms with van der Waals surface area (Å²) in [6.45, 7) is 1.83. The number of fused-ring (bicyclic) bond motifs is 1. The van der Waals surface area contributed by atoms with Crippen molar-refractivity contribution in [3.63, 3.8) is 0 Å². The van der Waals surface area contributed by atoms with Crippen LogP contribution in [-0.2, 0) is 14.4 Å². The zero-order chi connectivity index (χ0) is 23.0. The molecule has 0 bridgehead atoms. The number of carboxylic acid groups (broad SMARTS) is 1. The van der Waals surface area contributed by atoms with E-state index in [-0.39, 0.29) is 22.2 Å². The minimum Gasteiger partial charge on any atom is -0.477 e. The van der Waals surface area contributed by atoms with Crippen LogP contribution in [0.2, 0.25) is 0 Å². The number of hydrogen-bond donors (Lipinski definition) is 4. The molecule has 2 aromatic heterocycles. The summed E-state index contributed by atoms with van der Waals surface area (Å²) in [5, 5.41) is 34.2. The molecule has 2 aliphatic rings. The van der Waals surface area contributed by atoms with Gasteiger partial charge in [0.15, 0.2) is 15.2 Å². The Bertz CT molecular complexity index is 1160. The molecule has 4 heterocycles. The van der Waals surface area contributed by atoms with Gasteiger partial charge in [0.25, 0.3) is 11.8 Å². The Balaban J connectivity index is 1.48. The number of anilines is 1. The number of aromatic nitrogens is 3. The molecular formula is C16H15N7O5S4. The molecular weight excluding hydrogens is 498 g/mol. The summed E-state index contributed by atoms with van der Waals surface area (Å²) in [6, 6.07) is -0.963. The van der Waals surface area contributed by atoms with Crippen molar-refractivity contribution in [1.29, 1.82) is 0 Å². The first-order valence-electron chi connectivity index (χ1n) is 8.87. The lowest BCUT2D eigenvalue weighted by Crippen LogP contribution is -2.71. The number of β-lactam (4-membered cyclic amide) rings is 1. The third-order valence-corrected chi connectivity index (χ3v) is 8.57. The molecule has 168 valence electrons. The third-order valence-electron chi connectivity index (χ3n) is 4.49. The van der Waals surface area contributed by atoms with Gasteiger partial charge < -0.3 is 21.4 Å². The van der Waals surface area contributed by atoms with Crippen molar-refractivity contribution in [3.05, 3.63) is 27.4 Å². The number of amides is 2. The molecule has 16 heteroatoms. The lowest BCUT2D eigenvalue weighted by atomic mass is 10.0. The van der Waals surface area contributed by atoms with E-state index in [0.717, 1.165) is 16.3 Å². The predicted octanol–water partition coefficient (Wildman–Crippen LogP) is 0.594. The monoisotopic (exact) mass is 513 g/mol. The van der Waals surface area contributed by atoms with E-state index >= 15 is 0 Å². The van der Waals surface area contributed by atoms with Gasteiger partial charge in [0.1, 0.15) is 27.8 Å². The molecule has 1 saturated heterocycles. The van der Waals surface area contributed by atoms with E-state index in [1.54, 1.807) is 0 Å². The molecule has 2 amide bonds. The van der Waals surface area contributed by atoms with Gasteiger partial charge in [-0.25, -0.2) is 9.78 Å². The fourth-order valence-electron chi connectivity index (χ4n) is 3.10. The maximum Gasteiger partial charge on any atom is 0.352 e. The van der Waals surface area contributed by atoms with Gasteiger partial charge in [-0.1, -0.05) is 28.3 Å². The van der Waals surface area contributed by atoms with Gasteiger partial charge in [-0.2, -0.15) is 0 Å². The fraction of sp³-hybridized carbons (Fsp3) is 0.312. The van der Waals surface area contributed by atoms with Gasteiger partial charge >= 0.3 is 5.97 Å². The molecule has 0 unspecified atom stereocenters. The molecule has 0 radical (unpaired) electrons. The smallest absolute Gasteiger partial charge is 0.352 e. The highest BCUT2D eigenvalue weighted by molar-refractivity contribution is 8.01. The minimum atomic E-state index is -1.21. The second kappa shape index (κ2) is 9.05. The number of carbonyl (C=O) groups is 3. The van der Waals surface area contributed by atoms with E-state index in [4.69, 9.17) is 5.73 Å². The van der Waals surface area contributed by atoms with Crippen LogP contribution in [0.5, 0.6) is 0 Å². The van der Waals surface area contributed by atoms with E-state index < -0.39 is 29.2 Å². The molecule has 0 saturated carbocycles. The molecule has 2 aromatic rings. The highest BCUT2D eigenvalue weighted by Gasteiger charge is 2.54. The lowest BCUT2D eigenvalue weighted by Gasteiger charge is -2.49. The van der Waals surface area contributed by atoms with Gasteiger partial charge in [-0.15, -0.1) is 33.3 Å². The van der Waals surface area contributed by atoms with Crippen molar-refractivity contribution < 1.29 is 24.7 Å². The van der Waals surface area contributed by atoms with E-state index in [1.165, 1.54) is 45.1 Å². The zero-order valence-electron chi connectivity index (χ0n) is 16.2. The predicted molar refractivity (Wildman–Crippen MR) is 120 cm³/mol. The maximum atomic E-state index is 12.8. The first-order valence-corrected chi connectivity index (χ1v) is 12.6. The summed E-state index contributed by atoms with van der Waals surface area (Å²) in [6.07, 6.45) is 0. The number of carboxylic acids is 1. The Labute approximate surface area is 197 Å². The second-order valence-electron chi connectivity index (χ2n) is 6.51. The summed E-state index contributed by atoms with van der Waals surface area (Å²) >= 11 is 5.17. The van der Waals surface area contributed by atoms with Crippen molar-refractivity contribution in [1.82, 2.24) is 25.4 Å². The number of carbonyl (C=O) groups excluding carboxylic acids is 2. The van der Waals surface area contributed by atoms with Gasteiger partial charge in [0.05, 0.1) is 0 Å². The minimum absolute atomic E-state index is 0.0739. The number of aryl methyl sites for hydroxylation is 1. The van der Waals surface area contributed by atoms with Gasteiger partial charge in [0, 0.05) is 16.9 Å². The standard InChI is InChI=1S/C16H15N7O5S4/c1-5-20-21-16(32-5)31-3-6-2-29-13-9(12(25)23(13)10(6)14(26)27)19-11(24)8(22-28)7-4-30-15(17)18-7/h4,9,13,28H,2-3H2,1H3,(H2,17,18)(H,19,24)(H,26,27)/b22-8-/t9-,13+/m1/s1. The molecule has 4 rings (SSSR count). The molecule has 5 N–H and O–H groups in total. The molecule has 12 nitrogen and oxygen atoms in total. The number of nitrogens with zero attached hydrogens (tertiary/aromatic N) is 5. The van der Waals surface area contributed by atoms with E-state index in [0.29, 0.717) is 21.4 Å². The highest BCUT2D eigenvalue weighted by Crippen LogP contribution is 2.41. The Morgan fingerprint density at radius 3 is 2.81 bits per heavy atom. The summed E-state index contributed by atoms with van der Waals surface area (Å²) in [5.41, 5.74) is 5.74. The molecule has 2 atom stereocenters. The highest BCUT2D eigenvalue weighted by atomic mass is 32.2. The first kappa shape index (κ1) is 22.5. The average Bonchev–Trinajstić information content (AvgIpc) is 3.38. The fourth-order valence-corrected chi connectivity index (χ4v) is 6.95. The lowest BCUT2D eigenvalue weighted by molar-refractivity contribution is -0.150. The molecule has 0 spiro atoms. The maximum absolute atomic E-state index is 12.8. The molecule has 32 heavy (non-hydrogen) atoms. The zero-order valence-corrected chi connectivity index (χ0v) is 19.5. The molecule has 1 fully saturated rings. The Morgan fingerprint density at radius 1 is 1.44 bits per heavy atom. The quantitative estimate of drug-likeness (QED) is 0.134. The second-order valence-corrected chi connectivity index (χ2v) is 10.9. The van der Waals surface area contributed by atoms with Gasteiger partial charge in [0.2, 0.25) is 0 Å². The van der Waals surface area contributed by atoms with Crippen LogP contribution in [0.4, 0.5) is 5.13 Å². The third kappa shape index (κ3) is 4.17. The largest absolute Gasteiger partial charge is 0.477 e. The Kier molecular flexibility index (Phi) is 6.36. The number of aliphatic carboxylic acids is 1. The van der Waals surface area contributed by atoms with Crippen molar-refractivity contribution in [3.8, 4) is 0 Å². The number of hydrogen-bond acceptors (Lipinski definition) is 13. The Morgan fingerprint density at radius 2 is 2.22 bits per heavy atom. The normalized spacial score (nSPS) is 20.7. The van der Waals surface area contributed by atoms with Crippen molar-refractivity contribution in [2.45, 2.75) is 22.7 Å². The summed E-state index contributed by atoms with van der Waals surface area (Å²) in [4.78, 5) is 42.3. The summed E-state index contributed by atoms with van der Waals surface area (Å²) in [7, 11) is 0. The SMILES string of the molecule is Cc1nnc(SCC2=C(C(=O)O)N3C(=O)[C@@H](NC(=O)/C(=N\O)c4csc(N)n4)[C@@H]3SC2)s1. The molecule has 2 aliphatic heterocycles. The Hall–Kier alpha value is -2.69. The van der Waals surface area contributed by atoms with Crippen molar-refractivity contribution in [2.24, 2.45) is 5.16 Å². The topological polar surface area (TPSA) is 184 Å². The number of nitrogens with two attached hydrogens (primary N) is 1. The average molecular weight is 514 g/mol. The van der Waals surface area contributed by atoms with Gasteiger partial charge in [-0.3, -0.25) is 14.5 Å². The van der Waals surface area contributed by atoms with Crippen LogP contribution in [-0.4, -0.2) is 76.8 Å². The van der Waals surface area contributed by atoms with E-state index in [9.17, 15) is 24.7 Å². The van der Waals surface area contributed by atoms with Crippen LogP contribution in [0.25, 0.3) is 0 Å². The van der Waals surface area contributed by atoms with E-state index in [2.05, 4.69) is 25.7 Å². The number of rotatable bonds is 7. The van der Waals surface area contributed by atoms with Crippen LogP contribution >= 0.6 is 46.2 Å². The number of thioether (sulfide) groups is 2. The number of oxime groups is 1. The van der Waals surface area contributed by atoms with Crippen LogP contribution in [0.1, 0.15) is 10.7 Å². The van der Waals surface area contributed by atoms with Crippen LogP contribution in [0.15, 0.2) is 26.1 Å². The van der Waals surface area contributed by atoms with Crippen LogP contribution < -0.4 is 11.1 Å². The number of thiazole rings is 1. The summed E-state index contributed by atoms with van der Waals surface area (Å²) in [5.74, 6) is -1.87. The van der Waals surface area contributed by atoms with Crippen LogP contribution in [0, 0.1) is 6.92 Å². The number of nitrogens with one attached hydrogen (secondary N) is 1. The summed E-state index contributed by atoms with van der Waals surface area (Å²) < 4.78 is 0.713. The van der Waals surface area contributed by atoms with Crippen molar-refractivity contribution >= 4 is 74.8 Å². The molecule has 0 aromatic carbocycles. The van der Waals surface area contributed by atoms with E-state index in [1.807, 2.05) is 6.92 Å². The van der Waals surface area contributed by atoms with Gasteiger partial charge in [-0.05, 0) is 12.5 Å². The van der Waals surface area contributed by atoms with Crippen molar-refractivity contribution in [2.75, 3.05) is 17.2 Å².